The largest absolute Gasteiger partial charge is 0.327 e. The molecule has 4 atom stereocenters. The first kappa shape index (κ1) is 12.4. The van der Waals surface area contributed by atoms with Gasteiger partial charge in [-0.1, -0.05) is 13.3 Å². The highest BCUT2D eigenvalue weighted by atomic mass is 15.2. The molecule has 1 aliphatic heterocycles. The van der Waals surface area contributed by atoms with Gasteiger partial charge in [0.25, 0.3) is 0 Å². The summed E-state index contributed by atoms with van der Waals surface area (Å²) in [7, 11) is 0. The molecule has 2 heteroatoms. The highest BCUT2D eigenvalue weighted by Crippen LogP contribution is 2.28. The van der Waals surface area contributed by atoms with Gasteiger partial charge in [-0.25, -0.2) is 0 Å². The first-order valence-corrected chi connectivity index (χ1v) is 7.16. The van der Waals surface area contributed by atoms with E-state index in [4.69, 9.17) is 5.73 Å². The van der Waals surface area contributed by atoms with Crippen LogP contribution in [0, 0.1) is 11.8 Å². The summed E-state index contributed by atoms with van der Waals surface area (Å²) in [6.07, 6.45) is 8.13. The van der Waals surface area contributed by atoms with Crippen LogP contribution in [0.2, 0.25) is 0 Å². The quantitative estimate of drug-likeness (QED) is 0.798. The van der Waals surface area contributed by atoms with Gasteiger partial charge in [0.1, 0.15) is 0 Å². The fraction of sp³-hybridized carbons (Fsp3) is 1.00. The molecule has 1 saturated heterocycles. The lowest BCUT2D eigenvalue weighted by Gasteiger charge is -2.37. The molecule has 2 nitrogen and oxygen atoms in total. The van der Waals surface area contributed by atoms with Crippen molar-refractivity contribution in [2.24, 2.45) is 17.6 Å². The molecule has 2 fully saturated rings. The van der Waals surface area contributed by atoms with Crippen LogP contribution >= 0.6 is 0 Å². The van der Waals surface area contributed by atoms with Crippen molar-refractivity contribution in [2.45, 2.75) is 64.5 Å². The maximum atomic E-state index is 6.14. The summed E-state index contributed by atoms with van der Waals surface area (Å²) in [5.74, 6) is 1.71. The second kappa shape index (κ2) is 5.50. The molecule has 4 unspecified atom stereocenters. The van der Waals surface area contributed by atoms with Crippen LogP contribution in [0.15, 0.2) is 0 Å². The molecule has 1 aliphatic carbocycles. The maximum absolute atomic E-state index is 6.14. The number of piperidine rings is 1. The lowest BCUT2D eigenvalue weighted by atomic mass is 9.93. The van der Waals surface area contributed by atoms with E-state index in [-0.39, 0.29) is 0 Å². The first-order valence-electron chi connectivity index (χ1n) is 7.16. The Kier molecular flexibility index (Phi) is 4.26. The maximum Gasteiger partial charge on any atom is 0.00676 e. The normalized spacial score (nSPS) is 41.4. The molecule has 2 aliphatic rings. The van der Waals surface area contributed by atoms with E-state index in [9.17, 15) is 0 Å². The highest BCUT2D eigenvalue weighted by Gasteiger charge is 2.27. The Labute approximate surface area is 101 Å². The molecule has 1 saturated carbocycles. The predicted molar refractivity (Wildman–Crippen MR) is 69.4 cm³/mol. The number of nitrogens with zero attached hydrogens (tertiary/aromatic N) is 1. The summed E-state index contributed by atoms with van der Waals surface area (Å²) in [6, 6.07) is 1.30. The van der Waals surface area contributed by atoms with E-state index in [1.165, 1.54) is 51.6 Å². The molecule has 0 aromatic heterocycles. The topological polar surface area (TPSA) is 29.3 Å². The van der Waals surface area contributed by atoms with Crippen LogP contribution in [0.25, 0.3) is 0 Å². The zero-order valence-electron chi connectivity index (χ0n) is 11.0. The Hall–Kier alpha value is -0.0800. The molecule has 0 amide bonds. The zero-order chi connectivity index (χ0) is 11.5. The molecule has 0 aromatic rings. The molecule has 1 heterocycles. The summed E-state index contributed by atoms with van der Waals surface area (Å²) in [5, 5.41) is 0. The number of hydrogen-bond acceptors (Lipinski definition) is 2. The summed E-state index contributed by atoms with van der Waals surface area (Å²) in [6.45, 7) is 7.37. The average molecular weight is 224 g/mol. The molecule has 0 radical (unpaired) electrons. The van der Waals surface area contributed by atoms with Crippen LogP contribution in [0.3, 0.4) is 0 Å². The summed E-state index contributed by atoms with van der Waals surface area (Å²) in [4.78, 5) is 2.69. The monoisotopic (exact) mass is 224 g/mol. The standard InChI is InChI=1S/C14H28N2/c1-11-6-7-12(2)16(10-11)9-8-13-4-3-5-14(13)15/h11-14H,3-10,15H2,1-2H3. The van der Waals surface area contributed by atoms with E-state index in [1.807, 2.05) is 0 Å². The van der Waals surface area contributed by atoms with Crippen molar-refractivity contribution < 1.29 is 0 Å². The number of rotatable bonds is 3. The van der Waals surface area contributed by atoms with E-state index in [0.29, 0.717) is 6.04 Å². The van der Waals surface area contributed by atoms with Crippen LogP contribution in [0.1, 0.15) is 52.4 Å². The van der Waals surface area contributed by atoms with Gasteiger partial charge in [0.2, 0.25) is 0 Å². The molecule has 0 aromatic carbocycles. The Morgan fingerprint density at radius 1 is 1.12 bits per heavy atom. The Bertz CT molecular complexity index is 217. The molecule has 0 bridgehead atoms. The van der Waals surface area contributed by atoms with Crippen LogP contribution in [-0.2, 0) is 0 Å². The first-order chi connectivity index (χ1) is 7.66. The van der Waals surface area contributed by atoms with Crippen molar-refractivity contribution in [3.8, 4) is 0 Å². The molecular formula is C14H28N2. The second-order valence-electron chi connectivity index (χ2n) is 6.17. The fourth-order valence-electron chi connectivity index (χ4n) is 3.45. The Balaban J connectivity index is 1.75. The predicted octanol–water partition coefficient (Wildman–Crippen LogP) is 2.62. The minimum atomic E-state index is 0.498. The number of likely N-dealkylation sites (tertiary alicyclic amines) is 1. The molecule has 2 N–H and O–H groups in total. The van der Waals surface area contributed by atoms with Crippen molar-refractivity contribution in [1.29, 1.82) is 0 Å². The van der Waals surface area contributed by atoms with Crippen LogP contribution < -0.4 is 5.73 Å². The minimum absolute atomic E-state index is 0.498. The van der Waals surface area contributed by atoms with Crippen LogP contribution in [-0.4, -0.2) is 30.1 Å². The molecule has 2 rings (SSSR count). The third-order valence-corrected chi connectivity index (χ3v) is 4.75. The van der Waals surface area contributed by atoms with Gasteiger partial charge in [0.05, 0.1) is 0 Å². The lowest BCUT2D eigenvalue weighted by molar-refractivity contribution is 0.116. The van der Waals surface area contributed by atoms with Crippen molar-refractivity contribution in [2.75, 3.05) is 13.1 Å². The van der Waals surface area contributed by atoms with Crippen molar-refractivity contribution in [3.05, 3.63) is 0 Å². The lowest BCUT2D eigenvalue weighted by Crippen LogP contribution is -2.42. The molecule has 0 spiro atoms. The molecule has 16 heavy (non-hydrogen) atoms. The Morgan fingerprint density at radius 3 is 2.62 bits per heavy atom. The molecule has 94 valence electrons. The van der Waals surface area contributed by atoms with E-state index < -0.39 is 0 Å². The fourth-order valence-corrected chi connectivity index (χ4v) is 3.45. The van der Waals surface area contributed by atoms with Gasteiger partial charge >= 0.3 is 0 Å². The smallest absolute Gasteiger partial charge is 0.00676 e. The Morgan fingerprint density at radius 2 is 1.94 bits per heavy atom. The summed E-state index contributed by atoms with van der Waals surface area (Å²) >= 11 is 0. The van der Waals surface area contributed by atoms with Gasteiger partial charge in [0, 0.05) is 18.6 Å². The van der Waals surface area contributed by atoms with Crippen LogP contribution in [0.5, 0.6) is 0 Å². The summed E-state index contributed by atoms with van der Waals surface area (Å²) < 4.78 is 0. The van der Waals surface area contributed by atoms with E-state index in [1.54, 1.807) is 0 Å². The van der Waals surface area contributed by atoms with Crippen molar-refractivity contribution in [3.63, 3.8) is 0 Å². The number of hydrogen-bond donors (Lipinski definition) is 1. The van der Waals surface area contributed by atoms with Crippen molar-refractivity contribution >= 4 is 0 Å². The summed E-state index contributed by atoms with van der Waals surface area (Å²) in [5.41, 5.74) is 6.14. The second-order valence-corrected chi connectivity index (χ2v) is 6.17. The van der Waals surface area contributed by atoms with Gasteiger partial charge in [-0.15, -0.1) is 0 Å². The van der Waals surface area contributed by atoms with Gasteiger partial charge in [-0.2, -0.15) is 0 Å². The van der Waals surface area contributed by atoms with E-state index in [2.05, 4.69) is 18.7 Å². The third kappa shape index (κ3) is 2.98. The average Bonchev–Trinajstić information content (AvgIpc) is 2.66. The van der Waals surface area contributed by atoms with Gasteiger partial charge < -0.3 is 10.6 Å². The molecular weight excluding hydrogens is 196 g/mol. The van der Waals surface area contributed by atoms with Gasteiger partial charge in [-0.05, 0) is 57.4 Å². The zero-order valence-corrected chi connectivity index (χ0v) is 11.0. The highest BCUT2D eigenvalue weighted by molar-refractivity contribution is 4.83. The third-order valence-electron chi connectivity index (χ3n) is 4.75. The minimum Gasteiger partial charge on any atom is -0.327 e. The van der Waals surface area contributed by atoms with E-state index >= 15 is 0 Å². The number of nitrogens with two attached hydrogens (primary N) is 1. The van der Waals surface area contributed by atoms with Gasteiger partial charge in [-0.3, -0.25) is 0 Å². The van der Waals surface area contributed by atoms with E-state index in [0.717, 1.165) is 17.9 Å². The van der Waals surface area contributed by atoms with Gasteiger partial charge in [0.15, 0.2) is 0 Å². The van der Waals surface area contributed by atoms with Crippen LogP contribution in [0.4, 0.5) is 0 Å². The SMILES string of the molecule is CC1CCC(C)N(CCC2CCCC2N)C1. The van der Waals surface area contributed by atoms with Crippen molar-refractivity contribution in [1.82, 2.24) is 4.90 Å².